The summed E-state index contributed by atoms with van der Waals surface area (Å²) in [6.07, 6.45) is 16.9. The van der Waals surface area contributed by atoms with E-state index in [1.807, 2.05) is 0 Å². The first kappa shape index (κ1) is 23.8. The van der Waals surface area contributed by atoms with E-state index in [2.05, 4.69) is 72.7 Å². The Hall–Kier alpha value is -0.240. The summed E-state index contributed by atoms with van der Waals surface area (Å²) in [4.78, 5) is 0. The lowest BCUT2D eigenvalue weighted by molar-refractivity contribution is -0.938. The zero-order chi connectivity index (χ0) is 19.3. The third-order valence-corrected chi connectivity index (χ3v) is 7.26. The lowest BCUT2D eigenvalue weighted by atomic mass is 10.1. The molecule has 0 aliphatic carbocycles. The molecule has 0 aliphatic heterocycles. The number of nitrogens with zero attached hydrogens (tertiary/aromatic N) is 1. The van der Waals surface area contributed by atoms with Gasteiger partial charge in [0.05, 0.1) is 13.1 Å². The minimum absolute atomic E-state index is 0.0265. The van der Waals surface area contributed by atoms with Crippen molar-refractivity contribution in [2.24, 2.45) is 0 Å². The van der Waals surface area contributed by atoms with Crippen LogP contribution in [0.1, 0.15) is 70.8 Å². The Labute approximate surface area is 180 Å². The SMILES string of the molecule is C#CC(I)[N+](CCCCCC)(CCCCCC)C(Cl)Cc1ccccc1. The molecule has 0 amide bonds. The highest BCUT2D eigenvalue weighted by Crippen LogP contribution is 2.31. The summed E-state index contributed by atoms with van der Waals surface area (Å²) < 4.78 is 0.975. The fourth-order valence-corrected chi connectivity index (χ4v) is 5.19. The molecule has 0 heterocycles. The number of hydrogen-bond donors (Lipinski definition) is 0. The minimum atomic E-state index is 0.0265. The van der Waals surface area contributed by atoms with Crippen LogP contribution in [0.25, 0.3) is 0 Å². The molecule has 1 aromatic carbocycles. The highest BCUT2D eigenvalue weighted by atomic mass is 127. The molecule has 0 spiro atoms. The minimum Gasteiger partial charge on any atom is -0.288 e. The van der Waals surface area contributed by atoms with Gasteiger partial charge in [-0.25, -0.2) is 0 Å². The fourth-order valence-electron chi connectivity index (χ4n) is 3.57. The van der Waals surface area contributed by atoms with Crippen LogP contribution in [0, 0.1) is 12.3 Å². The van der Waals surface area contributed by atoms with Crippen LogP contribution >= 0.6 is 34.2 Å². The molecule has 0 radical (unpaired) electrons. The van der Waals surface area contributed by atoms with Gasteiger partial charge in [0, 0.05) is 29.0 Å². The largest absolute Gasteiger partial charge is 0.288 e. The lowest BCUT2D eigenvalue weighted by Crippen LogP contribution is -2.59. The number of unbranched alkanes of at least 4 members (excludes halogenated alkanes) is 6. The van der Waals surface area contributed by atoms with Crippen molar-refractivity contribution in [3.63, 3.8) is 0 Å². The van der Waals surface area contributed by atoms with E-state index in [4.69, 9.17) is 18.0 Å². The smallest absolute Gasteiger partial charge is 0.201 e. The summed E-state index contributed by atoms with van der Waals surface area (Å²) in [5.74, 6) is 3.03. The molecule has 1 aromatic rings. The molecule has 1 nitrogen and oxygen atoms in total. The first-order chi connectivity index (χ1) is 12.6. The number of hydrogen-bond acceptors (Lipinski definition) is 0. The van der Waals surface area contributed by atoms with Crippen LogP contribution in [0.5, 0.6) is 0 Å². The van der Waals surface area contributed by atoms with E-state index in [0.29, 0.717) is 0 Å². The van der Waals surface area contributed by atoms with Gasteiger partial charge in [0.15, 0.2) is 5.50 Å². The van der Waals surface area contributed by atoms with Crippen molar-refractivity contribution in [3.8, 4) is 12.3 Å². The maximum absolute atomic E-state index is 7.11. The molecule has 146 valence electrons. The molecule has 1 rings (SSSR count). The standard InChI is InChI=1S/C23H36ClIN/c1-4-7-9-14-18-26(23(25)6-3,19-15-10-8-5-2)22(24)20-21-16-12-11-13-17-21/h3,11-13,16-17,22-23H,4-5,7-10,14-15,18-20H2,1-2H3/q+1. The van der Waals surface area contributed by atoms with Gasteiger partial charge in [0.2, 0.25) is 4.05 Å². The summed E-state index contributed by atoms with van der Waals surface area (Å²) in [5.41, 5.74) is 1.33. The number of rotatable bonds is 14. The van der Waals surface area contributed by atoms with E-state index >= 15 is 0 Å². The molecule has 26 heavy (non-hydrogen) atoms. The average molecular weight is 489 g/mol. The van der Waals surface area contributed by atoms with Gasteiger partial charge in [-0.1, -0.05) is 81.5 Å². The molecule has 0 aliphatic rings. The van der Waals surface area contributed by atoms with E-state index in [1.54, 1.807) is 0 Å². The van der Waals surface area contributed by atoms with Crippen LogP contribution in [0.2, 0.25) is 0 Å². The first-order valence-corrected chi connectivity index (χ1v) is 11.9. The van der Waals surface area contributed by atoms with Crippen molar-refractivity contribution in [3.05, 3.63) is 35.9 Å². The van der Waals surface area contributed by atoms with Crippen LogP contribution in [0.4, 0.5) is 0 Å². The highest BCUT2D eigenvalue weighted by Gasteiger charge is 2.40. The Morgan fingerprint density at radius 3 is 1.96 bits per heavy atom. The lowest BCUT2D eigenvalue weighted by Gasteiger charge is -2.44. The summed E-state index contributed by atoms with van der Waals surface area (Å²) >= 11 is 9.56. The molecule has 2 unspecified atom stereocenters. The van der Waals surface area contributed by atoms with Crippen LogP contribution in [-0.4, -0.2) is 27.1 Å². The van der Waals surface area contributed by atoms with Gasteiger partial charge in [-0.05, 0) is 37.2 Å². The van der Waals surface area contributed by atoms with E-state index in [0.717, 1.165) is 24.0 Å². The Kier molecular flexibility index (Phi) is 12.7. The number of benzene rings is 1. The fraction of sp³-hybridized carbons (Fsp3) is 0.652. The molecular formula is C23H36ClIN+. The maximum Gasteiger partial charge on any atom is 0.201 e. The molecule has 0 saturated heterocycles. The molecular weight excluding hydrogens is 453 g/mol. The van der Waals surface area contributed by atoms with Gasteiger partial charge >= 0.3 is 0 Å². The molecule has 3 heteroatoms. The topological polar surface area (TPSA) is 0 Å². The van der Waals surface area contributed by atoms with Gasteiger partial charge in [-0.15, -0.1) is 6.42 Å². The number of alkyl halides is 2. The molecule has 0 fully saturated rings. The molecule has 0 saturated carbocycles. The van der Waals surface area contributed by atoms with Gasteiger partial charge in [-0.2, -0.15) is 0 Å². The van der Waals surface area contributed by atoms with Crippen LogP contribution in [0.3, 0.4) is 0 Å². The van der Waals surface area contributed by atoms with E-state index < -0.39 is 0 Å². The van der Waals surface area contributed by atoms with E-state index in [-0.39, 0.29) is 9.55 Å². The summed E-state index contributed by atoms with van der Waals surface area (Å²) in [6.45, 7) is 6.69. The van der Waals surface area contributed by atoms with E-state index in [9.17, 15) is 0 Å². The second-order valence-corrected chi connectivity index (χ2v) is 8.98. The molecule has 0 N–H and O–H groups in total. The third-order valence-electron chi connectivity index (χ3n) is 5.25. The van der Waals surface area contributed by atoms with Crippen molar-refractivity contribution in [2.75, 3.05) is 13.1 Å². The van der Waals surface area contributed by atoms with Crippen LogP contribution in [-0.2, 0) is 6.42 Å². The van der Waals surface area contributed by atoms with Crippen molar-refractivity contribution >= 4 is 34.2 Å². The number of halogens is 2. The third kappa shape index (κ3) is 7.79. The predicted molar refractivity (Wildman–Crippen MR) is 125 cm³/mol. The van der Waals surface area contributed by atoms with Crippen molar-refractivity contribution in [1.82, 2.24) is 0 Å². The second-order valence-electron chi connectivity index (χ2n) is 7.30. The molecule has 0 bridgehead atoms. The van der Waals surface area contributed by atoms with Crippen LogP contribution < -0.4 is 0 Å². The first-order valence-electron chi connectivity index (χ1n) is 10.2. The highest BCUT2D eigenvalue weighted by molar-refractivity contribution is 14.1. The second kappa shape index (κ2) is 13.9. The van der Waals surface area contributed by atoms with Crippen molar-refractivity contribution in [1.29, 1.82) is 0 Å². The zero-order valence-corrected chi connectivity index (χ0v) is 19.5. The predicted octanol–water partition coefficient (Wildman–Crippen LogP) is 7.17. The Balaban J connectivity index is 2.94. The maximum atomic E-state index is 7.11. The number of terminal acetylenes is 1. The van der Waals surface area contributed by atoms with Gasteiger partial charge in [-0.3, -0.25) is 4.48 Å². The molecule has 2 atom stereocenters. The summed E-state index contributed by atoms with van der Waals surface area (Å²) in [7, 11) is 0. The Morgan fingerprint density at radius 1 is 0.962 bits per heavy atom. The van der Waals surface area contributed by atoms with Gasteiger partial charge < -0.3 is 0 Å². The van der Waals surface area contributed by atoms with Crippen molar-refractivity contribution < 1.29 is 4.48 Å². The van der Waals surface area contributed by atoms with Gasteiger partial charge in [0.1, 0.15) is 0 Å². The Bertz CT molecular complexity index is 499. The van der Waals surface area contributed by atoms with Crippen LogP contribution in [0.15, 0.2) is 30.3 Å². The average Bonchev–Trinajstić information content (AvgIpc) is 2.67. The van der Waals surface area contributed by atoms with Crippen molar-refractivity contribution in [2.45, 2.75) is 81.2 Å². The summed E-state index contributed by atoms with van der Waals surface area (Å²) in [6, 6.07) is 10.6. The van der Waals surface area contributed by atoms with E-state index in [1.165, 1.54) is 56.9 Å². The monoisotopic (exact) mass is 488 g/mol. The molecule has 0 aromatic heterocycles. The Morgan fingerprint density at radius 2 is 1.50 bits per heavy atom. The number of quaternary nitrogens is 1. The zero-order valence-electron chi connectivity index (χ0n) is 16.6. The quantitative estimate of drug-likeness (QED) is 0.0650. The summed E-state index contributed by atoms with van der Waals surface area (Å²) in [5, 5.41) is 0. The van der Waals surface area contributed by atoms with Gasteiger partial charge in [0.25, 0.3) is 0 Å². The normalized spacial score (nSPS) is 14.0.